The molecule has 0 fully saturated rings. The molecule has 0 aliphatic carbocycles. The molecule has 1 unspecified atom stereocenters. The van der Waals surface area contributed by atoms with Gasteiger partial charge in [-0.3, -0.25) is 4.99 Å². The van der Waals surface area contributed by atoms with Crippen LogP contribution in [-0.2, 0) is 6.42 Å². The number of para-hydroxylation sites is 1. The Bertz CT molecular complexity index is 770. The van der Waals surface area contributed by atoms with Gasteiger partial charge in [-0.1, -0.05) is 30.3 Å². The number of aliphatic imine (C=N–C) groups is 1. The van der Waals surface area contributed by atoms with Gasteiger partial charge in [-0.25, -0.2) is 8.78 Å². The van der Waals surface area contributed by atoms with Crippen molar-refractivity contribution in [3.05, 3.63) is 65.2 Å². The zero-order valence-electron chi connectivity index (χ0n) is 14.5. The molecule has 0 saturated heterocycles. The van der Waals surface area contributed by atoms with E-state index in [1.165, 1.54) is 6.07 Å². The van der Waals surface area contributed by atoms with E-state index in [1.807, 2.05) is 24.3 Å². The molecule has 1 aliphatic rings. The molecule has 140 valence electrons. The maximum absolute atomic E-state index is 13.7. The highest BCUT2D eigenvalue weighted by Gasteiger charge is 2.21. The first kappa shape index (κ1) is 20.4. The lowest BCUT2D eigenvalue weighted by molar-refractivity contribution is 0.261. The maximum Gasteiger partial charge on any atom is 0.191 e. The maximum atomic E-state index is 13.7. The van der Waals surface area contributed by atoms with Gasteiger partial charge in [-0.15, -0.1) is 24.0 Å². The van der Waals surface area contributed by atoms with Gasteiger partial charge in [0.05, 0.1) is 12.6 Å². The first-order chi connectivity index (χ1) is 12.2. The van der Waals surface area contributed by atoms with E-state index in [4.69, 9.17) is 4.74 Å². The van der Waals surface area contributed by atoms with Crippen LogP contribution in [0.15, 0.2) is 47.5 Å². The lowest BCUT2D eigenvalue weighted by atomic mass is 10.0. The number of benzene rings is 2. The fraction of sp³-hybridized carbons (Fsp3) is 0.316. The first-order valence-electron chi connectivity index (χ1n) is 8.31. The summed E-state index contributed by atoms with van der Waals surface area (Å²) in [4.78, 5) is 4.21. The Hall–Kier alpha value is -1.90. The van der Waals surface area contributed by atoms with Crippen LogP contribution in [0.1, 0.15) is 23.6 Å². The molecule has 2 aromatic rings. The number of nitrogens with one attached hydrogen (secondary N) is 2. The van der Waals surface area contributed by atoms with E-state index >= 15 is 0 Å². The summed E-state index contributed by atoms with van der Waals surface area (Å²) < 4.78 is 32.6. The topological polar surface area (TPSA) is 45.7 Å². The predicted octanol–water partition coefficient (Wildman–Crippen LogP) is 3.81. The molecule has 7 heteroatoms. The van der Waals surface area contributed by atoms with Crippen LogP contribution in [0, 0.1) is 11.6 Å². The van der Waals surface area contributed by atoms with E-state index in [9.17, 15) is 8.78 Å². The van der Waals surface area contributed by atoms with Gasteiger partial charge < -0.3 is 15.4 Å². The van der Waals surface area contributed by atoms with E-state index in [1.54, 1.807) is 13.1 Å². The molecule has 3 rings (SSSR count). The Morgan fingerprint density at radius 2 is 2.00 bits per heavy atom. The first-order valence-corrected chi connectivity index (χ1v) is 8.31. The summed E-state index contributed by atoms with van der Waals surface area (Å²) in [5.74, 6) is -0.105. The molecule has 2 N–H and O–H groups in total. The van der Waals surface area contributed by atoms with Crippen molar-refractivity contribution < 1.29 is 13.5 Å². The second-order valence-electron chi connectivity index (χ2n) is 5.83. The molecule has 26 heavy (non-hydrogen) atoms. The van der Waals surface area contributed by atoms with E-state index in [2.05, 4.69) is 15.6 Å². The zero-order chi connectivity index (χ0) is 17.6. The van der Waals surface area contributed by atoms with Gasteiger partial charge in [0.25, 0.3) is 0 Å². The van der Waals surface area contributed by atoms with E-state index < -0.39 is 11.6 Å². The molecule has 0 saturated carbocycles. The summed E-state index contributed by atoms with van der Waals surface area (Å²) in [5.41, 5.74) is 1.44. The SMILES string of the molecule is CN=C(NCCc1cccc(F)c1F)NC1CCOc2ccccc21.I. The number of hydrogen-bond acceptors (Lipinski definition) is 2. The van der Waals surface area contributed by atoms with Crippen molar-refractivity contribution in [1.29, 1.82) is 0 Å². The highest BCUT2D eigenvalue weighted by molar-refractivity contribution is 14.0. The third-order valence-corrected chi connectivity index (χ3v) is 4.21. The third-order valence-electron chi connectivity index (χ3n) is 4.21. The number of guanidine groups is 1. The zero-order valence-corrected chi connectivity index (χ0v) is 16.8. The lowest BCUT2D eigenvalue weighted by Crippen LogP contribution is -2.41. The molecule has 0 radical (unpaired) electrons. The minimum absolute atomic E-state index is 0. The van der Waals surface area contributed by atoms with Crippen LogP contribution >= 0.6 is 24.0 Å². The van der Waals surface area contributed by atoms with Gasteiger partial charge in [-0.2, -0.15) is 0 Å². The summed E-state index contributed by atoms with van der Waals surface area (Å²) in [6.45, 7) is 1.09. The third kappa shape index (κ3) is 4.84. The quantitative estimate of drug-likeness (QED) is 0.404. The molecule has 1 heterocycles. The highest BCUT2D eigenvalue weighted by atomic mass is 127. The smallest absolute Gasteiger partial charge is 0.191 e. The summed E-state index contributed by atoms with van der Waals surface area (Å²) in [5, 5.41) is 6.52. The molecule has 0 aromatic heterocycles. The molecular formula is C19H22F2IN3O. The van der Waals surface area contributed by atoms with Crippen molar-refractivity contribution in [1.82, 2.24) is 10.6 Å². The minimum Gasteiger partial charge on any atom is -0.493 e. The van der Waals surface area contributed by atoms with Crippen LogP contribution in [-0.4, -0.2) is 26.2 Å². The van der Waals surface area contributed by atoms with Crippen LogP contribution in [0.5, 0.6) is 5.75 Å². The van der Waals surface area contributed by atoms with E-state index in [-0.39, 0.29) is 30.0 Å². The fourth-order valence-electron chi connectivity index (χ4n) is 2.91. The molecule has 4 nitrogen and oxygen atoms in total. The van der Waals surface area contributed by atoms with Crippen LogP contribution in [0.4, 0.5) is 8.78 Å². The Balaban J connectivity index is 0.00000243. The largest absolute Gasteiger partial charge is 0.493 e. The normalized spacial score (nSPS) is 16.1. The lowest BCUT2D eigenvalue weighted by Gasteiger charge is -2.28. The summed E-state index contributed by atoms with van der Waals surface area (Å²) in [6.07, 6.45) is 1.20. The highest BCUT2D eigenvalue weighted by Crippen LogP contribution is 2.31. The number of rotatable bonds is 4. The molecular weight excluding hydrogens is 451 g/mol. The molecule has 0 spiro atoms. The summed E-state index contributed by atoms with van der Waals surface area (Å²) in [7, 11) is 1.68. The number of ether oxygens (including phenoxy) is 1. The number of halogens is 3. The minimum atomic E-state index is -0.821. The van der Waals surface area contributed by atoms with Crippen LogP contribution in [0.2, 0.25) is 0 Å². The Morgan fingerprint density at radius 1 is 1.19 bits per heavy atom. The van der Waals surface area contributed by atoms with Crippen molar-refractivity contribution in [2.45, 2.75) is 18.9 Å². The van der Waals surface area contributed by atoms with Crippen LogP contribution < -0.4 is 15.4 Å². The summed E-state index contributed by atoms with van der Waals surface area (Å²) in [6, 6.07) is 12.2. The number of fused-ring (bicyclic) bond motifs is 1. The second-order valence-corrected chi connectivity index (χ2v) is 5.83. The van der Waals surface area contributed by atoms with Gasteiger partial charge in [0.1, 0.15) is 5.75 Å². The van der Waals surface area contributed by atoms with Gasteiger partial charge in [0, 0.05) is 25.6 Å². The van der Waals surface area contributed by atoms with Crippen LogP contribution in [0.25, 0.3) is 0 Å². The fourth-order valence-corrected chi connectivity index (χ4v) is 2.91. The standard InChI is InChI=1S/C19H21F2N3O.HI/c1-22-19(23-11-9-13-5-4-7-15(20)18(13)21)24-16-10-12-25-17-8-3-2-6-14(16)17;/h2-8,16H,9-12H2,1H3,(H2,22,23,24);1H. The molecule has 1 aliphatic heterocycles. The van der Waals surface area contributed by atoms with E-state index in [0.717, 1.165) is 23.8 Å². The molecule has 1 atom stereocenters. The average Bonchev–Trinajstić information content (AvgIpc) is 2.64. The van der Waals surface area contributed by atoms with Crippen molar-refractivity contribution in [2.75, 3.05) is 20.2 Å². The second kappa shape index (κ2) is 9.70. The van der Waals surface area contributed by atoms with Crippen molar-refractivity contribution in [3.8, 4) is 5.75 Å². The Kier molecular flexibility index (Phi) is 7.62. The summed E-state index contributed by atoms with van der Waals surface area (Å²) >= 11 is 0. The predicted molar refractivity (Wildman–Crippen MR) is 109 cm³/mol. The van der Waals surface area contributed by atoms with Gasteiger partial charge >= 0.3 is 0 Å². The van der Waals surface area contributed by atoms with Crippen molar-refractivity contribution in [2.24, 2.45) is 4.99 Å². The van der Waals surface area contributed by atoms with Gasteiger partial charge in [0.15, 0.2) is 17.6 Å². The average molecular weight is 473 g/mol. The van der Waals surface area contributed by atoms with Gasteiger partial charge in [0.2, 0.25) is 0 Å². The molecule has 2 aromatic carbocycles. The van der Waals surface area contributed by atoms with Gasteiger partial charge in [-0.05, 0) is 24.1 Å². The van der Waals surface area contributed by atoms with Crippen molar-refractivity contribution in [3.63, 3.8) is 0 Å². The monoisotopic (exact) mass is 473 g/mol. The van der Waals surface area contributed by atoms with Crippen LogP contribution in [0.3, 0.4) is 0 Å². The number of nitrogens with zero attached hydrogens (tertiary/aromatic N) is 1. The van der Waals surface area contributed by atoms with Crippen molar-refractivity contribution >= 4 is 29.9 Å². The molecule has 0 amide bonds. The Labute approximate surface area is 169 Å². The van der Waals surface area contributed by atoms with E-state index in [0.29, 0.717) is 31.1 Å². The molecule has 0 bridgehead atoms. The number of hydrogen-bond donors (Lipinski definition) is 2. The Morgan fingerprint density at radius 3 is 2.81 bits per heavy atom.